The number of ether oxygens (including phenoxy) is 2. The smallest absolute Gasteiger partial charge is 0.329 e. The maximum absolute atomic E-state index is 12.1. The van der Waals surface area contributed by atoms with Crippen molar-refractivity contribution in [2.75, 3.05) is 13.2 Å². The summed E-state index contributed by atoms with van der Waals surface area (Å²) in [5, 5.41) is 0.214. The summed E-state index contributed by atoms with van der Waals surface area (Å²) in [6.45, 7) is 5.01. The van der Waals surface area contributed by atoms with Gasteiger partial charge in [-0.2, -0.15) is 0 Å². The van der Waals surface area contributed by atoms with Crippen molar-refractivity contribution < 1.29 is 19.1 Å². The highest BCUT2D eigenvalue weighted by Gasteiger charge is 2.48. The molecule has 0 amide bonds. The predicted molar refractivity (Wildman–Crippen MR) is 69.9 cm³/mol. The quantitative estimate of drug-likeness (QED) is 0.612. The second-order valence-corrected chi connectivity index (χ2v) is 4.31. The van der Waals surface area contributed by atoms with Gasteiger partial charge in [0.05, 0.1) is 23.9 Å². The van der Waals surface area contributed by atoms with Crippen LogP contribution in [0.2, 0.25) is 5.02 Å². The number of halogens is 1. The molecule has 0 aliphatic heterocycles. The van der Waals surface area contributed by atoms with Gasteiger partial charge >= 0.3 is 11.9 Å². The Balaban J connectivity index is 3.30. The summed E-state index contributed by atoms with van der Waals surface area (Å²) in [7, 11) is 0. The lowest BCUT2D eigenvalue weighted by molar-refractivity contribution is -0.164. The number of pyridine rings is 1. The maximum atomic E-state index is 12.1. The Bertz CT molecular complexity index is 457. The van der Waals surface area contributed by atoms with E-state index in [0.717, 1.165) is 0 Å². The molecule has 0 atom stereocenters. The van der Waals surface area contributed by atoms with Gasteiger partial charge in [-0.1, -0.05) is 11.6 Å². The Kier molecular flexibility index (Phi) is 5.30. The van der Waals surface area contributed by atoms with Crippen LogP contribution in [0.5, 0.6) is 0 Å². The largest absolute Gasteiger partial charge is 0.465 e. The second-order valence-electron chi connectivity index (χ2n) is 3.90. The second kappa shape index (κ2) is 6.52. The number of rotatable bonds is 5. The molecule has 0 aliphatic carbocycles. The molecule has 0 fully saturated rings. The SMILES string of the molecule is CCOC(=O)C(C)(C(=O)OCC)c1ncccc1Cl. The molecular weight excluding hydrogens is 270 g/mol. The van der Waals surface area contributed by atoms with Gasteiger partial charge in [-0.15, -0.1) is 0 Å². The Morgan fingerprint density at radius 1 is 1.26 bits per heavy atom. The van der Waals surface area contributed by atoms with Gasteiger partial charge in [0.25, 0.3) is 0 Å². The average molecular weight is 286 g/mol. The number of carbonyl (C=O) groups is 2. The highest BCUT2D eigenvalue weighted by molar-refractivity contribution is 6.32. The normalized spacial score (nSPS) is 10.9. The van der Waals surface area contributed by atoms with Gasteiger partial charge in [0.2, 0.25) is 5.41 Å². The molecule has 6 heteroatoms. The summed E-state index contributed by atoms with van der Waals surface area (Å²) in [5.41, 5.74) is -1.53. The van der Waals surface area contributed by atoms with E-state index in [-0.39, 0.29) is 23.9 Å². The summed E-state index contributed by atoms with van der Waals surface area (Å²) in [6, 6.07) is 3.17. The highest BCUT2D eigenvalue weighted by Crippen LogP contribution is 2.31. The Morgan fingerprint density at radius 3 is 2.21 bits per heavy atom. The molecule has 0 saturated carbocycles. The molecule has 0 spiro atoms. The van der Waals surface area contributed by atoms with E-state index in [1.54, 1.807) is 26.0 Å². The van der Waals surface area contributed by atoms with Gasteiger partial charge in [-0.05, 0) is 32.9 Å². The first kappa shape index (κ1) is 15.4. The summed E-state index contributed by atoms with van der Waals surface area (Å²) in [5.74, 6) is -1.46. The molecule has 1 rings (SSSR count). The van der Waals surface area contributed by atoms with Crippen molar-refractivity contribution in [3.8, 4) is 0 Å². The molecule has 0 radical (unpaired) electrons. The molecule has 0 unspecified atom stereocenters. The lowest BCUT2D eigenvalue weighted by Gasteiger charge is -2.25. The predicted octanol–water partition coefficient (Wildman–Crippen LogP) is 2.12. The van der Waals surface area contributed by atoms with Gasteiger partial charge in [0.15, 0.2) is 0 Å². The molecule has 0 bridgehead atoms. The standard InChI is InChI=1S/C13H16ClNO4/c1-4-18-11(16)13(3,12(17)19-5-2)10-9(14)7-6-8-15-10/h6-8H,4-5H2,1-3H3. The lowest BCUT2D eigenvalue weighted by Crippen LogP contribution is -2.44. The van der Waals surface area contributed by atoms with E-state index in [0.29, 0.717) is 0 Å². The third-order valence-corrected chi connectivity index (χ3v) is 2.90. The van der Waals surface area contributed by atoms with Crippen molar-refractivity contribution >= 4 is 23.5 Å². The zero-order chi connectivity index (χ0) is 14.5. The van der Waals surface area contributed by atoms with E-state index in [4.69, 9.17) is 21.1 Å². The van der Waals surface area contributed by atoms with Crippen LogP contribution in [0.25, 0.3) is 0 Å². The van der Waals surface area contributed by atoms with E-state index in [2.05, 4.69) is 4.98 Å². The van der Waals surface area contributed by atoms with Crippen LogP contribution in [0.15, 0.2) is 18.3 Å². The number of aromatic nitrogens is 1. The van der Waals surface area contributed by atoms with Crippen molar-refractivity contribution in [2.45, 2.75) is 26.2 Å². The fourth-order valence-corrected chi connectivity index (χ4v) is 1.89. The van der Waals surface area contributed by atoms with Crippen LogP contribution < -0.4 is 0 Å². The van der Waals surface area contributed by atoms with Crippen molar-refractivity contribution in [3.63, 3.8) is 0 Å². The monoisotopic (exact) mass is 285 g/mol. The summed E-state index contributed by atoms with van der Waals surface area (Å²) in [4.78, 5) is 28.2. The molecule has 1 aromatic rings. The first-order chi connectivity index (χ1) is 8.98. The minimum absolute atomic E-state index is 0.133. The van der Waals surface area contributed by atoms with Crippen molar-refractivity contribution in [1.29, 1.82) is 0 Å². The number of carbonyl (C=O) groups excluding carboxylic acids is 2. The van der Waals surface area contributed by atoms with Crippen molar-refractivity contribution in [3.05, 3.63) is 29.0 Å². The number of esters is 2. The van der Waals surface area contributed by atoms with Crippen LogP contribution >= 0.6 is 11.6 Å². The Hall–Kier alpha value is -1.62. The molecule has 0 saturated heterocycles. The van der Waals surface area contributed by atoms with Gasteiger partial charge < -0.3 is 9.47 Å². The summed E-state index contributed by atoms with van der Waals surface area (Å²) in [6.07, 6.45) is 1.46. The fraction of sp³-hybridized carbons (Fsp3) is 0.462. The van der Waals surface area contributed by atoms with Crippen LogP contribution in [0, 0.1) is 0 Å². The highest BCUT2D eigenvalue weighted by atomic mass is 35.5. The first-order valence-electron chi connectivity index (χ1n) is 5.93. The summed E-state index contributed by atoms with van der Waals surface area (Å²) >= 11 is 6.02. The van der Waals surface area contributed by atoms with Crippen LogP contribution in [0.1, 0.15) is 26.5 Å². The van der Waals surface area contributed by atoms with Gasteiger partial charge in [-0.25, -0.2) is 0 Å². The Labute approximate surface area is 116 Å². The topological polar surface area (TPSA) is 65.5 Å². The zero-order valence-electron chi connectivity index (χ0n) is 11.1. The van der Waals surface area contributed by atoms with Crippen molar-refractivity contribution in [2.24, 2.45) is 0 Å². The molecule has 104 valence electrons. The molecule has 0 aromatic carbocycles. The summed E-state index contributed by atoms with van der Waals surface area (Å²) < 4.78 is 9.89. The Morgan fingerprint density at radius 2 is 1.79 bits per heavy atom. The van der Waals surface area contributed by atoms with Crippen LogP contribution in [0.3, 0.4) is 0 Å². The minimum atomic E-state index is -1.66. The molecule has 1 aromatic heterocycles. The zero-order valence-corrected chi connectivity index (χ0v) is 11.9. The van der Waals surface area contributed by atoms with E-state index < -0.39 is 17.4 Å². The molecule has 0 N–H and O–H groups in total. The van der Waals surface area contributed by atoms with E-state index in [9.17, 15) is 9.59 Å². The lowest BCUT2D eigenvalue weighted by atomic mass is 9.86. The molecule has 0 aliphatic rings. The van der Waals surface area contributed by atoms with Crippen LogP contribution in [-0.2, 0) is 24.5 Å². The van der Waals surface area contributed by atoms with Crippen molar-refractivity contribution in [1.82, 2.24) is 4.98 Å². The third kappa shape index (κ3) is 3.04. The van der Waals surface area contributed by atoms with E-state index >= 15 is 0 Å². The first-order valence-corrected chi connectivity index (χ1v) is 6.31. The third-order valence-electron chi connectivity index (χ3n) is 2.60. The molecule has 5 nitrogen and oxygen atoms in total. The van der Waals surface area contributed by atoms with Gasteiger partial charge in [0.1, 0.15) is 0 Å². The fourth-order valence-electron chi connectivity index (χ4n) is 1.58. The maximum Gasteiger partial charge on any atom is 0.329 e. The van der Waals surface area contributed by atoms with Gasteiger partial charge in [0, 0.05) is 6.20 Å². The van der Waals surface area contributed by atoms with Crippen LogP contribution in [0.4, 0.5) is 0 Å². The van der Waals surface area contributed by atoms with E-state index in [1.807, 2.05) is 0 Å². The minimum Gasteiger partial charge on any atom is -0.465 e. The number of hydrogen-bond donors (Lipinski definition) is 0. The van der Waals surface area contributed by atoms with E-state index in [1.165, 1.54) is 13.1 Å². The molecular formula is C13H16ClNO4. The number of hydrogen-bond acceptors (Lipinski definition) is 5. The van der Waals surface area contributed by atoms with Crippen LogP contribution in [-0.4, -0.2) is 30.1 Å². The average Bonchev–Trinajstić information content (AvgIpc) is 2.39. The molecule has 19 heavy (non-hydrogen) atoms. The number of nitrogens with zero attached hydrogens (tertiary/aromatic N) is 1. The van der Waals surface area contributed by atoms with Gasteiger partial charge in [-0.3, -0.25) is 14.6 Å². The molecule has 1 heterocycles.